The molecular formula is C17H24N2O2. The standard InChI is InChI=1S/C17H24N2O2/c18-13-17(8-11-21-12-9-17)16(20)19-10-4-7-15(19)14-5-2-1-3-6-14/h1-3,5-6,15H,4,7-13,18H2. The predicted molar refractivity (Wildman–Crippen MR) is 81.7 cm³/mol. The Hall–Kier alpha value is -1.39. The van der Waals surface area contributed by atoms with E-state index in [1.807, 2.05) is 18.2 Å². The molecule has 2 aliphatic rings. The van der Waals surface area contributed by atoms with E-state index in [2.05, 4.69) is 17.0 Å². The first-order valence-electron chi connectivity index (χ1n) is 7.91. The molecule has 4 nitrogen and oxygen atoms in total. The Morgan fingerprint density at radius 2 is 2.00 bits per heavy atom. The highest BCUT2D eigenvalue weighted by molar-refractivity contribution is 5.84. The number of benzene rings is 1. The summed E-state index contributed by atoms with van der Waals surface area (Å²) in [5.74, 6) is 0.236. The van der Waals surface area contributed by atoms with Gasteiger partial charge in [-0.05, 0) is 31.2 Å². The van der Waals surface area contributed by atoms with Crippen molar-refractivity contribution in [2.45, 2.75) is 31.7 Å². The molecule has 114 valence electrons. The van der Waals surface area contributed by atoms with Gasteiger partial charge in [0.15, 0.2) is 0 Å². The number of amides is 1. The van der Waals surface area contributed by atoms with E-state index in [4.69, 9.17) is 10.5 Å². The number of likely N-dealkylation sites (tertiary alicyclic amines) is 1. The van der Waals surface area contributed by atoms with Gasteiger partial charge in [-0.25, -0.2) is 0 Å². The average molecular weight is 288 g/mol. The molecule has 1 amide bonds. The molecule has 21 heavy (non-hydrogen) atoms. The molecule has 2 saturated heterocycles. The molecule has 1 atom stereocenters. The number of hydrogen-bond acceptors (Lipinski definition) is 3. The minimum atomic E-state index is -0.407. The molecule has 2 N–H and O–H groups in total. The van der Waals surface area contributed by atoms with Gasteiger partial charge < -0.3 is 15.4 Å². The van der Waals surface area contributed by atoms with Crippen molar-refractivity contribution in [2.24, 2.45) is 11.1 Å². The maximum absolute atomic E-state index is 13.1. The molecule has 0 saturated carbocycles. The lowest BCUT2D eigenvalue weighted by atomic mass is 9.78. The second kappa shape index (κ2) is 6.16. The lowest BCUT2D eigenvalue weighted by molar-refractivity contribution is -0.148. The van der Waals surface area contributed by atoms with E-state index in [0.717, 1.165) is 32.2 Å². The van der Waals surface area contributed by atoms with Gasteiger partial charge in [0.1, 0.15) is 0 Å². The van der Waals surface area contributed by atoms with Crippen molar-refractivity contribution >= 4 is 5.91 Å². The van der Waals surface area contributed by atoms with Crippen LogP contribution in [0.2, 0.25) is 0 Å². The van der Waals surface area contributed by atoms with Crippen molar-refractivity contribution < 1.29 is 9.53 Å². The zero-order chi connectivity index (χ0) is 14.7. The molecule has 0 aromatic heterocycles. The largest absolute Gasteiger partial charge is 0.381 e. The Morgan fingerprint density at radius 3 is 2.67 bits per heavy atom. The number of nitrogens with zero attached hydrogens (tertiary/aromatic N) is 1. The summed E-state index contributed by atoms with van der Waals surface area (Å²) in [6.45, 7) is 2.56. The van der Waals surface area contributed by atoms with Gasteiger partial charge in [0, 0.05) is 26.3 Å². The van der Waals surface area contributed by atoms with Crippen molar-refractivity contribution in [3.8, 4) is 0 Å². The van der Waals surface area contributed by atoms with Gasteiger partial charge in [-0.15, -0.1) is 0 Å². The van der Waals surface area contributed by atoms with Gasteiger partial charge in [0.2, 0.25) is 5.91 Å². The van der Waals surface area contributed by atoms with Gasteiger partial charge in [-0.2, -0.15) is 0 Å². The van der Waals surface area contributed by atoms with Gasteiger partial charge in [0.25, 0.3) is 0 Å². The molecule has 0 aliphatic carbocycles. The van der Waals surface area contributed by atoms with Crippen LogP contribution in [0, 0.1) is 5.41 Å². The highest BCUT2D eigenvalue weighted by atomic mass is 16.5. The van der Waals surface area contributed by atoms with Crippen LogP contribution in [-0.4, -0.2) is 37.1 Å². The van der Waals surface area contributed by atoms with Crippen LogP contribution in [-0.2, 0) is 9.53 Å². The van der Waals surface area contributed by atoms with E-state index >= 15 is 0 Å². The Morgan fingerprint density at radius 1 is 1.29 bits per heavy atom. The Bertz CT molecular complexity index is 483. The van der Waals surface area contributed by atoms with Crippen LogP contribution < -0.4 is 5.73 Å². The number of rotatable bonds is 3. The van der Waals surface area contributed by atoms with Crippen LogP contribution in [0.4, 0.5) is 0 Å². The number of ether oxygens (including phenoxy) is 1. The Labute approximate surface area is 126 Å². The molecule has 2 aliphatic heterocycles. The normalized spacial score (nSPS) is 25.0. The zero-order valence-corrected chi connectivity index (χ0v) is 12.5. The van der Waals surface area contributed by atoms with Crippen molar-refractivity contribution in [1.82, 2.24) is 4.90 Å². The monoisotopic (exact) mass is 288 g/mol. The third-order valence-corrected chi connectivity index (χ3v) is 4.99. The summed E-state index contributed by atoms with van der Waals surface area (Å²) in [5.41, 5.74) is 6.82. The average Bonchev–Trinajstić information content (AvgIpc) is 3.05. The number of nitrogens with two attached hydrogens (primary N) is 1. The molecule has 0 spiro atoms. The topological polar surface area (TPSA) is 55.6 Å². The van der Waals surface area contributed by atoms with Gasteiger partial charge in [-0.3, -0.25) is 4.79 Å². The highest BCUT2D eigenvalue weighted by Gasteiger charge is 2.44. The molecule has 0 bridgehead atoms. The van der Waals surface area contributed by atoms with Crippen LogP contribution in [0.15, 0.2) is 30.3 Å². The van der Waals surface area contributed by atoms with Crippen molar-refractivity contribution in [3.63, 3.8) is 0 Å². The number of carbonyl (C=O) groups excluding carboxylic acids is 1. The first-order chi connectivity index (χ1) is 10.3. The zero-order valence-electron chi connectivity index (χ0n) is 12.5. The maximum atomic E-state index is 13.1. The van der Waals surface area contributed by atoms with Gasteiger partial charge in [-0.1, -0.05) is 30.3 Å². The third kappa shape index (κ3) is 2.70. The van der Waals surface area contributed by atoms with E-state index in [-0.39, 0.29) is 11.9 Å². The molecular weight excluding hydrogens is 264 g/mol. The van der Waals surface area contributed by atoms with E-state index < -0.39 is 5.41 Å². The molecule has 1 unspecified atom stereocenters. The van der Waals surface area contributed by atoms with Crippen molar-refractivity contribution in [3.05, 3.63) is 35.9 Å². The van der Waals surface area contributed by atoms with Crippen LogP contribution in [0.5, 0.6) is 0 Å². The molecule has 2 heterocycles. The maximum Gasteiger partial charge on any atom is 0.230 e. The summed E-state index contributed by atoms with van der Waals surface area (Å²) in [5, 5.41) is 0. The highest BCUT2D eigenvalue weighted by Crippen LogP contribution is 2.39. The van der Waals surface area contributed by atoms with Crippen LogP contribution in [0.1, 0.15) is 37.3 Å². The van der Waals surface area contributed by atoms with Crippen LogP contribution in [0.25, 0.3) is 0 Å². The lowest BCUT2D eigenvalue weighted by Crippen LogP contribution is -2.50. The first kappa shape index (κ1) is 14.5. The summed E-state index contributed by atoms with van der Waals surface area (Å²) in [4.78, 5) is 15.2. The summed E-state index contributed by atoms with van der Waals surface area (Å²) in [6.07, 6.45) is 3.62. The molecule has 2 fully saturated rings. The second-order valence-electron chi connectivity index (χ2n) is 6.16. The molecule has 0 radical (unpaired) electrons. The van der Waals surface area contributed by atoms with E-state index in [0.29, 0.717) is 19.8 Å². The summed E-state index contributed by atoms with van der Waals surface area (Å²) in [7, 11) is 0. The minimum absolute atomic E-state index is 0.213. The lowest BCUT2D eigenvalue weighted by Gasteiger charge is -2.39. The van der Waals surface area contributed by atoms with E-state index in [9.17, 15) is 4.79 Å². The number of carbonyl (C=O) groups is 1. The summed E-state index contributed by atoms with van der Waals surface area (Å²) >= 11 is 0. The SMILES string of the molecule is NCC1(C(=O)N2CCCC2c2ccccc2)CCOCC1. The summed E-state index contributed by atoms with van der Waals surface area (Å²) in [6, 6.07) is 10.6. The summed E-state index contributed by atoms with van der Waals surface area (Å²) < 4.78 is 5.42. The molecule has 1 aromatic carbocycles. The Balaban J connectivity index is 1.82. The Kier molecular flexibility index (Phi) is 4.27. The number of hydrogen-bond donors (Lipinski definition) is 1. The molecule has 4 heteroatoms. The van der Waals surface area contributed by atoms with E-state index in [1.165, 1.54) is 5.56 Å². The molecule has 1 aromatic rings. The smallest absolute Gasteiger partial charge is 0.230 e. The fraction of sp³-hybridized carbons (Fsp3) is 0.588. The second-order valence-corrected chi connectivity index (χ2v) is 6.16. The van der Waals surface area contributed by atoms with Crippen LogP contribution >= 0.6 is 0 Å². The third-order valence-electron chi connectivity index (χ3n) is 4.99. The molecule has 3 rings (SSSR count). The van der Waals surface area contributed by atoms with Crippen molar-refractivity contribution in [2.75, 3.05) is 26.3 Å². The minimum Gasteiger partial charge on any atom is -0.381 e. The first-order valence-corrected chi connectivity index (χ1v) is 7.91. The fourth-order valence-corrected chi connectivity index (χ4v) is 3.60. The van der Waals surface area contributed by atoms with Crippen molar-refractivity contribution in [1.29, 1.82) is 0 Å². The van der Waals surface area contributed by atoms with E-state index in [1.54, 1.807) is 0 Å². The van der Waals surface area contributed by atoms with Gasteiger partial charge in [0.05, 0.1) is 11.5 Å². The van der Waals surface area contributed by atoms with Crippen LogP contribution in [0.3, 0.4) is 0 Å². The predicted octanol–water partition coefficient (Wildman–Crippen LogP) is 2.11. The van der Waals surface area contributed by atoms with Gasteiger partial charge >= 0.3 is 0 Å². The fourth-order valence-electron chi connectivity index (χ4n) is 3.60. The quantitative estimate of drug-likeness (QED) is 0.926.